The van der Waals surface area contributed by atoms with E-state index in [1.165, 1.54) is 13.0 Å². The lowest BCUT2D eigenvalue weighted by atomic mass is 10.1. The van der Waals surface area contributed by atoms with E-state index in [4.69, 9.17) is 14.2 Å². The molecular formula is C31H50N4O5. The van der Waals surface area contributed by atoms with E-state index in [9.17, 15) is 9.59 Å². The van der Waals surface area contributed by atoms with Gasteiger partial charge in [0.25, 0.3) is 5.91 Å². The van der Waals surface area contributed by atoms with Crippen molar-refractivity contribution in [2.24, 2.45) is 0 Å². The molecule has 40 heavy (non-hydrogen) atoms. The molecule has 0 aliphatic carbocycles. The molecule has 3 rings (SSSR count). The summed E-state index contributed by atoms with van der Waals surface area (Å²) in [5, 5.41) is 6.68. The van der Waals surface area contributed by atoms with Gasteiger partial charge < -0.3 is 34.6 Å². The fourth-order valence-corrected chi connectivity index (χ4v) is 3.80. The number of para-hydroxylation sites is 1. The van der Waals surface area contributed by atoms with Crippen LogP contribution in [0.25, 0.3) is 0 Å². The highest BCUT2D eigenvalue weighted by atomic mass is 16.5. The molecule has 9 nitrogen and oxygen atoms in total. The Hall–Kier alpha value is -3.14. The Morgan fingerprint density at radius 3 is 2.35 bits per heavy atom. The van der Waals surface area contributed by atoms with E-state index in [0.29, 0.717) is 36.8 Å². The van der Waals surface area contributed by atoms with Crippen LogP contribution in [-0.2, 0) is 9.53 Å². The normalized spacial score (nSPS) is 13.8. The van der Waals surface area contributed by atoms with Gasteiger partial charge in [-0.1, -0.05) is 25.1 Å². The number of ether oxygens (including phenoxy) is 3. The summed E-state index contributed by atoms with van der Waals surface area (Å²) in [6.45, 7) is 13.4. The van der Waals surface area contributed by atoms with Crippen molar-refractivity contribution in [1.82, 2.24) is 15.5 Å². The van der Waals surface area contributed by atoms with Crippen molar-refractivity contribution in [1.29, 1.82) is 0 Å². The van der Waals surface area contributed by atoms with E-state index in [0.717, 1.165) is 37.6 Å². The van der Waals surface area contributed by atoms with Crippen LogP contribution in [0.2, 0.25) is 0 Å². The third-order valence-corrected chi connectivity index (χ3v) is 6.36. The Kier molecular flexibility index (Phi) is 18.1. The van der Waals surface area contributed by atoms with E-state index in [2.05, 4.69) is 17.6 Å². The highest BCUT2D eigenvalue weighted by Crippen LogP contribution is 2.28. The number of anilines is 1. The van der Waals surface area contributed by atoms with Gasteiger partial charge in [0.15, 0.2) is 11.5 Å². The number of methoxy groups -OCH3 is 2. The number of nitrogens with zero attached hydrogens (tertiary/aromatic N) is 2. The van der Waals surface area contributed by atoms with Crippen molar-refractivity contribution < 1.29 is 23.8 Å². The van der Waals surface area contributed by atoms with E-state index >= 15 is 0 Å². The van der Waals surface area contributed by atoms with Crippen LogP contribution >= 0.6 is 0 Å². The lowest BCUT2D eigenvalue weighted by molar-refractivity contribution is -0.107. The van der Waals surface area contributed by atoms with Crippen molar-refractivity contribution >= 4 is 18.0 Å². The summed E-state index contributed by atoms with van der Waals surface area (Å²) in [6.07, 6.45) is 2.92. The van der Waals surface area contributed by atoms with Crippen LogP contribution in [0, 0.1) is 0 Å². The van der Waals surface area contributed by atoms with Crippen molar-refractivity contribution in [2.75, 3.05) is 65.6 Å². The maximum atomic E-state index is 12.3. The molecule has 224 valence electrons. The summed E-state index contributed by atoms with van der Waals surface area (Å²) in [5.41, 5.74) is 1.54. The number of nitrogens with one attached hydrogen (secondary N) is 2. The minimum absolute atomic E-state index is 0.0330. The monoisotopic (exact) mass is 558 g/mol. The minimum Gasteiger partial charge on any atom is -0.493 e. The van der Waals surface area contributed by atoms with E-state index in [1.54, 1.807) is 49.3 Å². The first kappa shape index (κ1) is 34.9. The summed E-state index contributed by atoms with van der Waals surface area (Å²) < 4.78 is 15.9. The largest absolute Gasteiger partial charge is 0.493 e. The molecule has 1 saturated heterocycles. The molecule has 2 N–H and O–H groups in total. The van der Waals surface area contributed by atoms with E-state index < -0.39 is 0 Å². The molecule has 0 saturated carbocycles. The Labute approximate surface area is 241 Å². The summed E-state index contributed by atoms with van der Waals surface area (Å²) in [4.78, 5) is 26.1. The molecule has 1 heterocycles. The first-order chi connectivity index (χ1) is 19.3. The minimum atomic E-state index is -0.0330. The first-order valence-electron chi connectivity index (χ1n) is 14.1. The van der Waals surface area contributed by atoms with Crippen molar-refractivity contribution in [2.45, 2.75) is 52.6 Å². The average Bonchev–Trinajstić information content (AvgIpc) is 3.50. The lowest BCUT2D eigenvalue weighted by Gasteiger charge is -2.22. The molecule has 9 heteroatoms. The van der Waals surface area contributed by atoms with Gasteiger partial charge in [-0.05, 0) is 70.6 Å². The molecule has 0 aromatic heterocycles. The summed E-state index contributed by atoms with van der Waals surface area (Å²) in [6, 6.07) is 15.7. The van der Waals surface area contributed by atoms with Crippen LogP contribution < -0.4 is 25.0 Å². The zero-order valence-corrected chi connectivity index (χ0v) is 25.4. The van der Waals surface area contributed by atoms with Crippen LogP contribution in [0.15, 0.2) is 48.5 Å². The van der Waals surface area contributed by atoms with Gasteiger partial charge in [-0.3, -0.25) is 9.59 Å². The van der Waals surface area contributed by atoms with Crippen molar-refractivity contribution in [3.63, 3.8) is 0 Å². The molecule has 2 amide bonds. The number of carbonyl (C=O) groups excluding carboxylic acids is 2. The van der Waals surface area contributed by atoms with Crippen LogP contribution in [-0.4, -0.2) is 90.0 Å². The fraction of sp³-hybridized carbons (Fsp3) is 0.548. The number of rotatable bonds is 13. The second kappa shape index (κ2) is 20.7. The molecule has 2 aromatic carbocycles. The van der Waals surface area contributed by atoms with Crippen LogP contribution in [0.3, 0.4) is 0 Å². The molecule has 1 atom stereocenters. The van der Waals surface area contributed by atoms with Crippen LogP contribution in [0.5, 0.6) is 11.5 Å². The number of hydrogen-bond acceptors (Lipinski definition) is 7. The highest BCUT2D eigenvalue weighted by Gasteiger charge is 2.17. The Bertz CT molecular complexity index is 952. The molecule has 0 bridgehead atoms. The van der Waals surface area contributed by atoms with Gasteiger partial charge in [0.2, 0.25) is 6.41 Å². The first-order valence-corrected chi connectivity index (χ1v) is 14.1. The Morgan fingerprint density at radius 2 is 1.82 bits per heavy atom. The quantitative estimate of drug-likeness (QED) is 0.281. The number of hydrogen-bond donors (Lipinski definition) is 2. The standard InChI is InChI=1S/C16H25NO4.C9H11NO.C6H14N2/c1-12(2)17(3)16(18)13-7-8-14(20-5)15(11-13)21-10-6-9-19-4;1-2-10(8-11)9-6-4-3-5-7-9;1-2-8-6-3-4-7-5-6/h7-8,11-12H,6,9-10H2,1-5H3;3-8H,2H2,1H3;6-8H,2-5H2,1H3. The van der Waals surface area contributed by atoms with Gasteiger partial charge in [-0.2, -0.15) is 0 Å². The number of carbonyl (C=O) groups is 2. The number of likely N-dealkylation sites (N-methyl/N-ethyl adjacent to an activating group) is 1. The SMILES string of the molecule is CCN(C=O)c1ccccc1.CCNC1CCNC1.COCCCOc1cc(C(=O)N(C)C(C)C)ccc1OC. The summed E-state index contributed by atoms with van der Waals surface area (Å²) in [7, 11) is 5.02. The molecule has 0 radical (unpaired) electrons. The predicted octanol–water partition coefficient (Wildman–Crippen LogP) is 4.22. The van der Waals surface area contributed by atoms with Crippen molar-refractivity contribution in [3.8, 4) is 11.5 Å². The number of benzene rings is 2. The molecule has 1 fully saturated rings. The van der Waals surface area contributed by atoms with Gasteiger partial charge in [-0.25, -0.2) is 0 Å². The maximum absolute atomic E-state index is 12.3. The highest BCUT2D eigenvalue weighted by molar-refractivity contribution is 5.95. The van der Waals surface area contributed by atoms with Gasteiger partial charge in [-0.15, -0.1) is 0 Å². The number of amides is 2. The van der Waals surface area contributed by atoms with Gasteiger partial charge in [0, 0.05) is 63.6 Å². The summed E-state index contributed by atoms with van der Waals surface area (Å²) >= 11 is 0. The van der Waals surface area contributed by atoms with Crippen molar-refractivity contribution in [3.05, 3.63) is 54.1 Å². The van der Waals surface area contributed by atoms with Gasteiger partial charge in [0.1, 0.15) is 0 Å². The molecular weight excluding hydrogens is 508 g/mol. The van der Waals surface area contributed by atoms with Gasteiger partial charge in [0.05, 0.1) is 13.7 Å². The molecule has 1 unspecified atom stereocenters. The average molecular weight is 559 g/mol. The molecule has 1 aliphatic rings. The zero-order chi connectivity index (χ0) is 29.8. The summed E-state index contributed by atoms with van der Waals surface area (Å²) in [5.74, 6) is 1.17. The Morgan fingerprint density at radius 1 is 1.10 bits per heavy atom. The van der Waals surface area contributed by atoms with E-state index in [-0.39, 0.29) is 11.9 Å². The Balaban J connectivity index is 0.000000347. The van der Waals surface area contributed by atoms with Crippen LogP contribution in [0.1, 0.15) is 50.9 Å². The molecule has 1 aliphatic heterocycles. The smallest absolute Gasteiger partial charge is 0.253 e. The van der Waals surface area contributed by atoms with Crippen LogP contribution in [0.4, 0.5) is 5.69 Å². The van der Waals surface area contributed by atoms with E-state index in [1.807, 2.05) is 51.1 Å². The third-order valence-electron chi connectivity index (χ3n) is 6.36. The maximum Gasteiger partial charge on any atom is 0.253 e. The molecule has 2 aromatic rings. The second-order valence-corrected chi connectivity index (χ2v) is 9.54. The predicted molar refractivity (Wildman–Crippen MR) is 163 cm³/mol. The fourth-order valence-electron chi connectivity index (χ4n) is 3.80. The van der Waals surface area contributed by atoms with Gasteiger partial charge >= 0.3 is 0 Å². The third kappa shape index (κ3) is 12.8. The molecule has 0 spiro atoms. The lowest BCUT2D eigenvalue weighted by Crippen LogP contribution is -2.32. The topological polar surface area (TPSA) is 92.4 Å². The second-order valence-electron chi connectivity index (χ2n) is 9.54. The zero-order valence-electron chi connectivity index (χ0n) is 25.4.